The number of anilines is 1. The van der Waals surface area contributed by atoms with Crippen molar-refractivity contribution in [3.63, 3.8) is 0 Å². The van der Waals surface area contributed by atoms with Gasteiger partial charge < -0.3 is 10.6 Å². The van der Waals surface area contributed by atoms with Crippen molar-refractivity contribution in [3.8, 4) is 0 Å². The maximum atomic E-state index is 13.2. The van der Waals surface area contributed by atoms with Gasteiger partial charge >= 0.3 is 0 Å². The van der Waals surface area contributed by atoms with Gasteiger partial charge in [-0.3, -0.25) is 4.79 Å². The van der Waals surface area contributed by atoms with E-state index in [2.05, 4.69) is 0 Å². The first-order valence-corrected chi connectivity index (χ1v) is 6.69. The number of nitrogens with two attached hydrogens (primary N) is 1. The van der Waals surface area contributed by atoms with Gasteiger partial charge in [-0.25, -0.2) is 8.78 Å². The normalized spacial score (nSPS) is 19.9. The number of rotatable bonds is 1. The van der Waals surface area contributed by atoms with Gasteiger partial charge in [0.2, 0.25) is 0 Å². The SMILES string of the molecule is CC1CN(C(=O)c2cc(F)c(F)cc2N)CCS1. The molecule has 0 aromatic heterocycles. The average Bonchev–Trinajstić information content (AvgIpc) is 2.33. The highest BCUT2D eigenvalue weighted by Gasteiger charge is 2.24. The van der Waals surface area contributed by atoms with Crippen LogP contribution < -0.4 is 5.73 Å². The molecule has 1 saturated heterocycles. The van der Waals surface area contributed by atoms with Gasteiger partial charge in [-0.05, 0) is 6.07 Å². The molecule has 1 atom stereocenters. The van der Waals surface area contributed by atoms with E-state index in [1.807, 2.05) is 6.92 Å². The van der Waals surface area contributed by atoms with Crippen molar-refractivity contribution in [1.82, 2.24) is 4.90 Å². The van der Waals surface area contributed by atoms with E-state index in [-0.39, 0.29) is 17.2 Å². The zero-order valence-corrected chi connectivity index (χ0v) is 10.8. The zero-order valence-electron chi connectivity index (χ0n) is 9.95. The molecule has 2 rings (SSSR count). The molecule has 6 heteroatoms. The zero-order chi connectivity index (χ0) is 13.3. The second-order valence-electron chi connectivity index (χ2n) is 4.29. The van der Waals surface area contributed by atoms with Crippen LogP contribution in [0.5, 0.6) is 0 Å². The van der Waals surface area contributed by atoms with Gasteiger partial charge in [0.05, 0.1) is 5.56 Å². The van der Waals surface area contributed by atoms with Gasteiger partial charge in [-0.15, -0.1) is 0 Å². The largest absolute Gasteiger partial charge is 0.398 e. The summed E-state index contributed by atoms with van der Waals surface area (Å²) in [5, 5.41) is 0.342. The Kier molecular flexibility index (Phi) is 3.75. The predicted octanol–water partition coefficient (Wildman–Crippen LogP) is 2.12. The third-order valence-electron chi connectivity index (χ3n) is 2.85. The predicted molar refractivity (Wildman–Crippen MR) is 68.6 cm³/mol. The Morgan fingerprint density at radius 3 is 2.78 bits per heavy atom. The lowest BCUT2D eigenvalue weighted by molar-refractivity contribution is 0.0763. The molecular formula is C12H14F2N2OS. The molecule has 1 aliphatic rings. The van der Waals surface area contributed by atoms with Crippen LogP contribution in [-0.4, -0.2) is 34.9 Å². The minimum absolute atomic E-state index is 0.0234. The number of carbonyl (C=O) groups excluding carboxylic acids is 1. The third-order valence-corrected chi connectivity index (χ3v) is 3.99. The molecule has 1 fully saturated rings. The van der Waals surface area contributed by atoms with Crippen molar-refractivity contribution in [2.75, 3.05) is 24.6 Å². The Labute approximate surface area is 108 Å². The fourth-order valence-corrected chi connectivity index (χ4v) is 2.93. The van der Waals surface area contributed by atoms with E-state index in [4.69, 9.17) is 5.73 Å². The molecule has 98 valence electrons. The molecule has 1 aliphatic heterocycles. The maximum Gasteiger partial charge on any atom is 0.256 e. The van der Waals surface area contributed by atoms with E-state index < -0.39 is 11.6 Å². The molecule has 1 aromatic rings. The number of carbonyl (C=O) groups is 1. The summed E-state index contributed by atoms with van der Waals surface area (Å²) in [6, 6.07) is 1.73. The van der Waals surface area contributed by atoms with Crippen LogP contribution in [0.3, 0.4) is 0 Å². The summed E-state index contributed by atoms with van der Waals surface area (Å²) >= 11 is 1.78. The lowest BCUT2D eigenvalue weighted by Gasteiger charge is -2.30. The molecule has 0 aliphatic carbocycles. The maximum absolute atomic E-state index is 13.2. The number of thioether (sulfide) groups is 1. The number of nitrogens with zero attached hydrogens (tertiary/aromatic N) is 1. The molecule has 1 amide bonds. The first kappa shape index (κ1) is 13.1. The van der Waals surface area contributed by atoms with E-state index in [9.17, 15) is 13.6 Å². The number of hydrogen-bond donors (Lipinski definition) is 1. The van der Waals surface area contributed by atoms with Crippen molar-refractivity contribution in [3.05, 3.63) is 29.3 Å². The molecule has 0 bridgehead atoms. The smallest absolute Gasteiger partial charge is 0.256 e. The summed E-state index contributed by atoms with van der Waals surface area (Å²) < 4.78 is 26.1. The second kappa shape index (κ2) is 5.14. The van der Waals surface area contributed by atoms with E-state index in [1.165, 1.54) is 0 Å². The van der Waals surface area contributed by atoms with Crippen molar-refractivity contribution in [2.24, 2.45) is 0 Å². The van der Waals surface area contributed by atoms with Crippen LogP contribution in [0.1, 0.15) is 17.3 Å². The van der Waals surface area contributed by atoms with Gasteiger partial charge in [0.15, 0.2) is 11.6 Å². The summed E-state index contributed by atoms with van der Waals surface area (Å²) in [5.74, 6) is -1.58. The summed E-state index contributed by atoms with van der Waals surface area (Å²) in [6.45, 7) is 3.23. The quantitative estimate of drug-likeness (QED) is 0.797. The molecule has 0 spiro atoms. The Morgan fingerprint density at radius 2 is 2.11 bits per heavy atom. The molecule has 18 heavy (non-hydrogen) atoms. The number of benzene rings is 1. The van der Waals surface area contributed by atoms with Crippen LogP contribution in [-0.2, 0) is 0 Å². The van der Waals surface area contributed by atoms with E-state index in [0.29, 0.717) is 18.3 Å². The molecule has 3 nitrogen and oxygen atoms in total. The Bertz CT molecular complexity index is 481. The van der Waals surface area contributed by atoms with E-state index in [0.717, 1.165) is 17.9 Å². The highest BCUT2D eigenvalue weighted by atomic mass is 32.2. The van der Waals surface area contributed by atoms with Gasteiger partial charge in [-0.2, -0.15) is 11.8 Å². The van der Waals surface area contributed by atoms with Crippen molar-refractivity contribution < 1.29 is 13.6 Å². The molecule has 1 unspecified atom stereocenters. The average molecular weight is 272 g/mol. The van der Waals surface area contributed by atoms with Crippen LogP contribution in [0.2, 0.25) is 0 Å². The van der Waals surface area contributed by atoms with Crippen molar-refractivity contribution in [2.45, 2.75) is 12.2 Å². The summed E-state index contributed by atoms with van der Waals surface area (Å²) in [4.78, 5) is 13.8. The lowest BCUT2D eigenvalue weighted by atomic mass is 10.1. The number of hydrogen-bond acceptors (Lipinski definition) is 3. The Morgan fingerprint density at radius 1 is 1.44 bits per heavy atom. The van der Waals surface area contributed by atoms with Gasteiger partial charge in [0.1, 0.15) is 0 Å². The molecule has 0 radical (unpaired) electrons. The highest BCUT2D eigenvalue weighted by Crippen LogP contribution is 2.23. The van der Waals surface area contributed by atoms with Gasteiger partial charge in [-0.1, -0.05) is 6.92 Å². The summed E-state index contributed by atoms with van der Waals surface area (Å²) in [6.07, 6.45) is 0. The summed E-state index contributed by atoms with van der Waals surface area (Å²) in [5.41, 5.74) is 5.58. The molecule has 0 saturated carbocycles. The topological polar surface area (TPSA) is 46.3 Å². The monoisotopic (exact) mass is 272 g/mol. The van der Waals surface area contributed by atoms with Crippen molar-refractivity contribution >= 4 is 23.4 Å². The van der Waals surface area contributed by atoms with Crippen LogP contribution >= 0.6 is 11.8 Å². The minimum Gasteiger partial charge on any atom is -0.398 e. The highest BCUT2D eigenvalue weighted by molar-refractivity contribution is 7.99. The fourth-order valence-electron chi connectivity index (χ4n) is 1.92. The third kappa shape index (κ3) is 2.58. The molecule has 1 heterocycles. The Hall–Kier alpha value is -1.30. The van der Waals surface area contributed by atoms with Gasteiger partial charge in [0, 0.05) is 35.8 Å². The standard InChI is InChI=1S/C12H14F2N2OS/c1-7-6-16(2-3-18-7)12(17)8-4-9(13)10(14)5-11(8)15/h4-5,7H,2-3,6,15H2,1H3. The molecular weight excluding hydrogens is 258 g/mol. The van der Waals surface area contributed by atoms with E-state index >= 15 is 0 Å². The molecule has 1 aromatic carbocycles. The lowest BCUT2D eigenvalue weighted by Crippen LogP contribution is -2.41. The Balaban J connectivity index is 2.25. The van der Waals surface area contributed by atoms with Crippen LogP contribution in [0.4, 0.5) is 14.5 Å². The van der Waals surface area contributed by atoms with E-state index in [1.54, 1.807) is 16.7 Å². The number of amides is 1. The minimum atomic E-state index is -1.05. The fraction of sp³-hybridized carbons (Fsp3) is 0.417. The number of halogens is 2. The molecule has 2 N–H and O–H groups in total. The van der Waals surface area contributed by atoms with Crippen LogP contribution in [0.25, 0.3) is 0 Å². The van der Waals surface area contributed by atoms with Gasteiger partial charge in [0.25, 0.3) is 5.91 Å². The van der Waals surface area contributed by atoms with Crippen LogP contribution in [0.15, 0.2) is 12.1 Å². The van der Waals surface area contributed by atoms with Crippen molar-refractivity contribution in [1.29, 1.82) is 0 Å². The summed E-state index contributed by atoms with van der Waals surface area (Å²) in [7, 11) is 0. The number of nitrogen functional groups attached to an aromatic ring is 1. The first-order valence-electron chi connectivity index (χ1n) is 5.64. The first-order chi connectivity index (χ1) is 8.49. The second-order valence-corrected chi connectivity index (χ2v) is 5.83. The van der Waals surface area contributed by atoms with Crippen LogP contribution in [0, 0.1) is 11.6 Å².